The monoisotopic (exact) mass is 626 g/mol. The Morgan fingerprint density at radius 1 is 0.978 bits per heavy atom. The van der Waals surface area contributed by atoms with Crippen molar-refractivity contribution in [1.29, 1.82) is 0 Å². The number of halogens is 3. The van der Waals surface area contributed by atoms with Crippen molar-refractivity contribution in [2.45, 2.75) is 25.2 Å². The number of carboxylic acid groups (broad SMARTS) is 2. The number of amides is 2. The molecule has 1 atom stereocenters. The number of nitrogens with zero attached hydrogens (tertiary/aromatic N) is 3. The number of fused-ring (bicyclic) bond motifs is 1. The lowest BCUT2D eigenvalue weighted by Gasteiger charge is -2.14. The molecule has 0 aliphatic heterocycles. The van der Waals surface area contributed by atoms with Crippen molar-refractivity contribution in [3.63, 3.8) is 0 Å². The highest BCUT2D eigenvalue weighted by molar-refractivity contribution is 5.98. The van der Waals surface area contributed by atoms with Crippen LogP contribution in [0.2, 0.25) is 0 Å². The number of hydrogen-bond donors (Lipinski definition) is 5. The molecule has 12 nitrogen and oxygen atoms in total. The van der Waals surface area contributed by atoms with E-state index in [2.05, 4.69) is 26.0 Å². The second kappa shape index (κ2) is 16.2. The fourth-order valence-corrected chi connectivity index (χ4v) is 3.77. The summed E-state index contributed by atoms with van der Waals surface area (Å²) in [5.41, 5.74) is 2.07. The summed E-state index contributed by atoms with van der Waals surface area (Å²) in [5.74, 6) is -4.20. The number of pyridine rings is 1. The van der Waals surface area contributed by atoms with E-state index >= 15 is 0 Å². The third kappa shape index (κ3) is 11.1. The van der Waals surface area contributed by atoms with Gasteiger partial charge in [-0.1, -0.05) is 36.4 Å². The topological polar surface area (TPSA) is 176 Å². The number of carbonyl (C=O) groups is 4. The Morgan fingerprint density at radius 3 is 2.33 bits per heavy atom. The van der Waals surface area contributed by atoms with E-state index in [0.717, 1.165) is 35.2 Å². The van der Waals surface area contributed by atoms with Gasteiger partial charge in [0.15, 0.2) is 0 Å². The molecule has 236 valence electrons. The molecule has 0 aliphatic rings. The van der Waals surface area contributed by atoms with Gasteiger partial charge in [-0.2, -0.15) is 18.3 Å². The van der Waals surface area contributed by atoms with Gasteiger partial charge in [-0.05, 0) is 48.4 Å². The Labute approximate surface area is 254 Å². The molecule has 4 rings (SSSR count). The van der Waals surface area contributed by atoms with Crippen molar-refractivity contribution >= 4 is 46.5 Å². The summed E-state index contributed by atoms with van der Waals surface area (Å²) >= 11 is 0. The number of benzene rings is 2. The van der Waals surface area contributed by atoms with E-state index < -0.39 is 36.0 Å². The molecule has 0 spiro atoms. The molecular formula is C30H29F3N6O6. The van der Waals surface area contributed by atoms with Gasteiger partial charge in [-0.25, -0.2) is 14.6 Å². The molecule has 2 aromatic carbocycles. The largest absolute Gasteiger partial charge is 0.490 e. The molecular weight excluding hydrogens is 597 g/mol. The molecule has 2 heterocycles. The van der Waals surface area contributed by atoms with Gasteiger partial charge in [-0.3, -0.25) is 14.3 Å². The first-order valence-electron chi connectivity index (χ1n) is 13.4. The lowest BCUT2D eigenvalue weighted by atomic mass is 10.1. The van der Waals surface area contributed by atoms with Gasteiger partial charge >= 0.3 is 18.1 Å². The van der Waals surface area contributed by atoms with E-state index in [-0.39, 0.29) is 6.54 Å². The fraction of sp³-hybridized carbons (Fsp3) is 0.200. The van der Waals surface area contributed by atoms with Crippen LogP contribution >= 0.6 is 0 Å². The van der Waals surface area contributed by atoms with E-state index in [0.29, 0.717) is 12.1 Å². The van der Waals surface area contributed by atoms with E-state index in [9.17, 15) is 32.7 Å². The normalized spacial score (nSPS) is 11.7. The maximum Gasteiger partial charge on any atom is 0.490 e. The standard InChI is InChI=1S/C28H28N6O4.C2HF3O2/c35-26(13-10-20-7-2-1-3-8-20)33-23(28(37)38)19-31-27(36)21-11-12-24-22(17-21)18-32-34(24)16-6-15-30-25-9-4-5-14-29-25;3-2(4,5)1(6)7/h1-5,7-14,17-18,23H,6,15-16,19H2,(H,29,30)(H,31,36)(H,33,35)(H,37,38);(H,6,7)/t23-;/m0./s1. The molecule has 2 aromatic heterocycles. The van der Waals surface area contributed by atoms with Crippen LogP contribution in [-0.4, -0.2) is 74.0 Å². The molecule has 0 aliphatic carbocycles. The zero-order valence-corrected chi connectivity index (χ0v) is 23.6. The first kappa shape index (κ1) is 33.8. The maximum atomic E-state index is 12.7. The third-order valence-corrected chi connectivity index (χ3v) is 5.97. The van der Waals surface area contributed by atoms with Crippen LogP contribution in [-0.2, 0) is 20.9 Å². The van der Waals surface area contributed by atoms with Crippen LogP contribution in [0.1, 0.15) is 22.3 Å². The van der Waals surface area contributed by atoms with E-state index in [1.807, 2.05) is 59.3 Å². The quantitative estimate of drug-likeness (QED) is 0.116. The van der Waals surface area contributed by atoms with Crippen molar-refractivity contribution in [2.75, 3.05) is 18.4 Å². The summed E-state index contributed by atoms with van der Waals surface area (Å²) in [7, 11) is 0. The average molecular weight is 627 g/mol. The first-order valence-corrected chi connectivity index (χ1v) is 13.4. The first-order chi connectivity index (χ1) is 21.4. The Kier molecular flexibility index (Phi) is 12.2. The number of alkyl halides is 3. The van der Waals surface area contributed by atoms with Crippen LogP contribution in [0.15, 0.2) is 85.2 Å². The van der Waals surface area contributed by atoms with Crippen LogP contribution in [0.3, 0.4) is 0 Å². The number of nitrogens with one attached hydrogen (secondary N) is 3. The van der Waals surface area contributed by atoms with Crippen molar-refractivity contribution < 1.29 is 42.6 Å². The van der Waals surface area contributed by atoms with Crippen LogP contribution < -0.4 is 16.0 Å². The van der Waals surface area contributed by atoms with Gasteiger partial charge in [-0.15, -0.1) is 0 Å². The number of carbonyl (C=O) groups excluding carboxylic acids is 2. The summed E-state index contributed by atoms with van der Waals surface area (Å²) in [6.45, 7) is 1.16. The molecule has 15 heteroatoms. The van der Waals surface area contributed by atoms with Gasteiger partial charge in [0.2, 0.25) is 5.91 Å². The number of aliphatic carboxylic acids is 2. The van der Waals surface area contributed by atoms with Gasteiger partial charge in [0, 0.05) is 42.9 Å². The van der Waals surface area contributed by atoms with Gasteiger partial charge < -0.3 is 26.2 Å². The summed E-state index contributed by atoms with van der Waals surface area (Å²) in [4.78, 5) is 49.6. The second-order valence-corrected chi connectivity index (χ2v) is 9.29. The highest BCUT2D eigenvalue weighted by Crippen LogP contribution is 2.17. The predicted octanol–water partition coefficient (Wildman–Crippen LogP) is 3.58. The van der Waals surface area contributed by atoms with E-state index in [1.165, 1.54) is 6.08 Å². The van der Waals surface area contributed by atoms with Crippen LogP contribution in [0.25, 0.3) is 17.0 Å². The molecule has 0 saturated heterocycles. The molecule has 4 aromatic rings. The minimum absolute atomic E-state index is 0.264. The van der Waals surface area contributed by atoms with Gasteiger partial charge in [0.05, 0.1) is 11.7 Å². The molecule has 0 bridgehead atoms. The van der Waals surface area contributed by atoms with Gasteiger partial charge in [0.1, 0.15) is 11.9 Å². The molecule has 0 saturated carbocycles. The molecule has 5 N–H and O–H groups in total. The lowest BCUT2D eigenvalue weighted by molar-refractivity contribution is -0.192. The Balaban J connectivity index is 0.000000707. The average Bonchev–Trinajstić information content (AvgIpc) is 3.43. The number of aryl methyl sites for hydroxylation is 1. The molecule has 2 amide bonds. The fourth-order valence-electron chi connectivity index (χ4n) is 3.77. The van der Waals surface area contributed by atoms with Crippen molar-refractivity contribution in [1.82, 2.24) is 25.4 Å². The smallest absolute Gasteiger partial charge is 0.480 e. The van der Waals surface area contributed by atoms with Crippen LogP contribution in [0.4, 0.5) is 19.0 Å². The number of carboxylic acids is 2. The SMILES string of the molecule is O=C(C=Cc1ccccc1)N[C@@H](CNC(=O)c1ccc2c(cnn2CCCNc2ccccn2)c1)C(=O)O.O=C(O)C(F)(F)F. The highest BCUT2D eigenvalue weighted by atomic mass is 19.4. The molecule has 0 unspecified atom stereocenters. The summed E-state index contributed by atoms with van der Waals surface area (Å²) < 4.78 is 33.6. The predicted molar refractivity (Wildman–Crippen MR) is 158 cm³/mol. The van der Waals surface area contributed by atoms with Crippen molar-refractivity contribution in [2.24, 2.45) is 0 Å². The molecule has 0 fully saturated rings. The highest BCUT2D eigenvalue weighted by Gasteiger charge is 2.38. The zero-order chi connectivity index (χ0) is 32.8. The number of aromatic nitrogens is 3. The summed E-state index contributed by atoms with van der Waals surface area (Å²) in [6, 6.07) is 18.8. The Bertz CT molecular complexity index is 1630. The van der Waals surface area contributed by atoms with Gasteiger partial charge in [0.25, 0.3) is 5.91 Å². The van der Waals surface area contributed by atoms with Crippen LogP contribution in [0.5, 0.6) is 0 Å². The zero-order valence-electron chi connectivity index (χ0n) is 23.6. The Morgan fingerprint density at radius 2 is 1.69 bits per heavy atom. The summed E-state index contributed by atoms with van der Waals surface area (Å²) in [5, 5.41) is 30.1. The summed E-state index contributed by atoms with van der Waals surface area (Å²) in [6.07, 6.45) is 2.02. The second-order valence-electron chi connectivity index (χ2n) is 9.29. The lowest BCUT2D eigenvalue weighted by Crippen LogP contribution is -2.48. The van der Waals surface area contributed by atoms with Crippen molar-refractivity contribution in [3.8, 4) is 0 Å². The van der Waals surface area contributed by atoms with E-state index in [1.54, 1.807) is 30.6 Å². The minimum atomic E-state index is -5.08. The Hall–Kier alpha value is -5.73. The number of rotatable bonds is 12. The minimum Gasteiger partial charge on any atom is -0.480 e. The maximum absolute atomic E-state index is 12.7. The molecule has 0 radical (unpaired) electrons. The van der Waals surface area contributed by atoms with Crippen LogP contribution in [0, 0.1) is 0 Å². The number of hydrogen-bond acceptors (Lipinski definition) is 7. The van der Waals surface area contributed by atoms with E-state index in [4.69, 9.17) is 9.90 Å². The third-order valence-electron chi connectivity index (χ3n) is 5.97. The van der Waals surface area contributed by atoms with Crippen molar-refractivity contribution in [3.05, 3.63) is 96.3 Å². The number of anilines is 1. The molecule has 45 heavy (non-hydrogen) atoms.